The fraction of sp³-hybridized carbons (Fsp3) is 0.417. The number of benzene rings is 1. The van der Waals surface area contributed by atoms with Gasteiger partial charge in [-0.25, -0.2) is 0 Å². The molecule has 1 rings (SSSR count). The Balaban J connectivity index is 0.00000289. The van der Waals surface area contributed by atoms with Crippen molar-refractivity contribution in [2.45, 2.75) is 12.8 Å². The minimum absolute atomic E-state index is 0. The summed E-state index contributed by atoms with van der Waals surface area (Å²) in [6, 6.07) is 7.57. The zero-order valence-corrected chi connectivity index (χ0v) is 12.4. The van der Waals surface area contributed by atoms with Gasteiger partial charge in [0.05, 0.1) is 6.54 Å². The third-order valence-corrected chi connectivity index (χ3v) is 2.64. The van der Waals surface area contributed by atoms with Gasteiger partial charge in [0.1, 0.15) is 12.4 Å². The molecule has 1 aromatic carbocycles. The summed E-state index contributed by atoms with van der Waals surface area (Å²) in [6.45, 7) is 1.53. The number of carbonyl (C=O) groups excluding carboxylic acids is 1. The minimum atomic E-state index is 0. The molecule has 0 fully saturated rings. The molecule has 0 spiro atoms. The van der Waals surface area contributed by atoms with Crippen LogP contribution in [0.1, 0.15) is 12.8 Å². The van der Waals surface area contributed by atoms with Crippen molar-refractivity contribution in [3.63, 3.8) is 0 Å². The van der Waals surface area contributed by atoms with E-state index in [0.717, 1.165) is 16.6 Å². The maximum atomic E-state index is 11.2. The molecule has 0 aliphatic heterocycles. The van der Waals surface area contributed by atoms with Gasteiger partial charge in [0.2, 0.25) is 5.91 Å². The Hall–Kier alpha value is -0.780. The van der Waals surface area contributed by atoms with Crippen molar-refractivity contribution < 1.29 is 9.53 Å². The van der Waals surface area contributed by atoms with Crippen LogP contribution in [0.3, 0.4) is 0 Å². The molecular weight excluding hydrogens is 320 g/mol. The van der Waals surface area contributed by atoms with Crippen LogP contribution in [0.4, 0.5) is 0 Å². The fourth-order valence-electron chi connectivity index (χ4n) is 1.24. The summed E-state index contributed by atoms with van der Waals surface area (Å²) >= 11 is 3.35. The first-order valence-corrected chi connectivity index (χ1v) is 6.37. The van der Waals surface area contributed by atoms with Crippen molar-refractivity contribution in [2.24, 2.45) is 5.73 Å². The molecule has 0 heterocycles. The first-order valence-electron chi connectivity index (χ1n) is 5.57. The van der Waals surface area contributed by atoms with E-state index in [-0.39, 0.29) is 18.3 Å². The molecular formula is C12H18BrClN2O2. The third-order valence-electron chi connectivity index (χ3n) is 2.11. The van der Waals surface area contributed by atoms with E-state index in [1.165, 1.54) is 0 Å². The van der Waals surface area contributed by atoms with Crippen molar-refractivity contribution >= 4 is 34.2 Å². The van der Waals surface area contributed by atoms with Crippen molar-refractivity contribution in [3.05, 3.63) is 28.7 Å². The van der Waals surface area contributed by atoms with Gasteiger partial charge in [0.15, 0.2) is 0 Å². The van der Waals surface area contributed by atoms with E-state index in [2.05, 4.69) is 21.2 Å². The number of nitrogens with one attached hydrogen (secondary N) is 1. The Morgan fingerprint density at radius 2 is 2.00 bits per heavy atom. The van der Waals surface area contributed by atoms with Crippen LogP contribution in [0.2, 0.25) is 0 Å². The predicted octanol–water partition coefficient (Wildman–Crippen LogP) is 2.10. The Morgan fingerprint density at radius 1 is 1.33 bits per heavy atom. The molecule has 4 nitrogen and oxygen atoms in total. The lowest BCUT2D eigenvalue weighted by molar-refractivity contribution is -0.121. The van der Waals surface area contributed by atoms with Crippen LogP contribution in [0.15, 0.2) is 28.7 Å². The van der Waals surface area contributed by atoms with Gasteiger partial charge < -0.3 is 15.8 Å². The molecule has 0 aliphatic rings. The number of halogens is 2. The number of nitrogens with two attached hydrogens (primary N) is 1. The average Bonchev–Trinajstić information content (AvgIpc) is 2.34. The first kappa shape index (κ1) is 17.2. The third kappa shape index (κ3) is 7.53. The van der Waals surface area contributed by atoms with Crippen molar-refractivity contribution in [2.75, 3.05) is 19.7 Å². The van der Waals surface area contributed by atoms with E-state index in [0.29, 0.717) is 26.1 Å². The topological polar surface area (TPSA) is 64.4 Å². The molecule has 3 N–H and O–H groups in total. The zero-order chi connectivity index (χ0) is 12.5. The lowest BCUT2D eigenvalue weighted by Gasteiger charge is -2.07. The molecule has 1 amide bonds. The molecule has 18 heavy (non-hydrogen) atoms. The van der Waals surface area contributed by atoms with Crippen molar-refractivity contribution in [3.8, 4) is 5.75 Å². The summed E-state index contributed by atoms with van der Waals surface area (Å²) in [5.74, 6) is 0.819. The van der Waals surface area contributed by atoms with Crippen molar-refractivity contribution in [1.82, 2.24) is 5.32 Å². The molecule has 6 heteroatoms. The summed E-state index contributed by atoms with van der Waals surface area (Å²) in [5.41, 5.74) is 5.31. The average molecular weight is 338 g/mol. The van der Waals surface area contributed by atoms with Gasteiger partial charge in [-0.05, 0) is 37.2 Å². The smallest absolute Gasteiger partial charge is 0.220 e. The normalized spacial score (nSPS) is 9.44. The fourth-order valence-corrected chi connectivity index (χ4v) is 1.51. The summed E-state index contributed by atoms with van der Waals surface area (Å²) in [6.07, 6.45) is 1.20. The highest BCUT2D eigenvalue weighted by atomic mass is 79.9. The lowest BCUT2D eigenvalue weighted by Crippen LogP contribution is -2.28. The molecule has 0 bridgehead atoms. The van der Waals surface area contributed by atoms with Gasteiger partial charge >= 0.3 is 0 Å². The molecule has 0 radical (unpaired) electrons. The van der Waals surface area contributed by atoms with Crippen molar-refractivity contribution in [1.29, 1.82) is 0 Å². The minimum Gasteiger partial charge on any atom is -0.492 e. The number of amides is 1. The SMILES string of the molecule is Cl.NCCCC(=O)NCCOc1ccc(Br)cc1. The molecule has 0 unspecified atom stereocenters. The van der Waals surface area contributed by atoms with E-state index in [1.54, 1.807) is 0 Å². The summed E-state index contributed by atoms with van der Waals surface area (Å²) in [4.78, 5) is 11.2. The summed E-state index contributed by atoms with van der Waals surface area (Å²) in [5, 5.41) is 2.77. The highest BCUT2D eigenvalue weighted by Gasteiger charge is 1.99. The van der Waals surface area contributed by atoms with E-state index in [1.807, 2.05) is 24.3 Å². The van der Waals surface area contributed by atoms with Crippen LogP contribution in [0.25, 0.3) is 0 Å². The van der Waals surface area contributed by atoms with Gasteiger partial charge in [-0.3, -0.25) is 4.79 Å². The highest BCUT2D eigenvalue weighted by Crippen LogP contribution is 2.15. The quantitative estimate of drug-likeness (QED) is 0.749. The number of rotatable bonds is 7. The number of carbonyl (C=O) groups is 1. The van der Waals surface area contributed by atoms with E-state index in [9.17, 15) is 4.79 Å². The second-order valence-electron chi connectivity index (χ2n) is 3.54. The van der Waals surface area contributed by atoms with Gasteiger partial charge in [0, 0.05) is 10.9 Å². The molecule has 0 aromatic heterocycles. The number of ether oxygens (including phenoxy) is 1. The van der Waals surface area contributed by atoms with Gasteiger partial charge in [-0.2, -0.15) is 0 Å². The Labute approximate surface area is 122 Å². The van der Waals surface area contributed by atoms with Crippen LogP contribution in [-0.4, -0.2) is 25.6 Å². The Bertz CT molecular complexity index is 346. The highest BCUT2D eigenvalue weighted by molar-refractivity contribution is 9.10. The molecule has 1 aromatic rings. The second-order valence-corrected chi connectivity index (χ2v) is 4.46. The maximum Gasteiger partial charge on any atom is 0.220 e. The molecule has 0 atom stereocenters. The van der Waals surface area contributed by atoms with Crippen LogP contribution >= 0.6 is 28.3 Å². The van der Waals surface area contributed by atoms with Gasteiger partial charge in [0.25, 0.3) is 0 Å². The summed E-state index contributed by atoms with van der Waals surface area (Å²) < 4.78 is 6.47. The molecule has 102 valence electrons. The van der Waals surface area contributed by atoms with Crippen LogP contribution in [0.5, 0.6) is 5.75 Å². The molecule has 0 aliphatic carbocycles. The maximum absolute atomic E-state index is 11.2. The zero-order valence-electron chi connectivity index (χ0n) is 10.0. The van der Waals surface area contributed by atoms with Crippen LogP contribution in [0, 0.1) is 0 Å². The van der Waals surface area contributed by atoms with E-state index >= 15 is 0 Å². The molecule has 0 saturated heterocycles. The van der Waals surface area contributed by atoms with Crippen LogP contribution < -0.4 is 15.8 Å². The van der Waals surface area contributed by atoms with Crippen LogP contribution in [-0.2, 0) is 4.79 Å². The predicted molar refractivity (Wildman–Crippen MR) is 78.2 cm³/mol. The first-order chi connectivity index (χ1) is 8.22. The number of hydrogen-bond acceptors (Lipinski definition) is 3. The summed E-state index contributed by atoms with van der Waals surface area (Å²) in [7, 11) is 0. The second kappa shape index (κ2) is 10.2. The van der Waals surface area contributed by atoms with E-state index in [4.69, 9.17) is 10.5 Å². The van der Waals surface area contributed by atoms with E-state index < -0.39 is 0 Å². The Kier molecular flexibility index (Phi) is 9.73. The molecule has 0 saturated carbocycles. The number of hydrogen-bond donors (Lipinski definition) is 2. The Morgan fingerprint density at radius 3 is 2.61 bits per heavy atom. The standard InChI is InChI=1S/C12H17BrN2O2.ClH/c13-10-3-5-11(6-4-10)17-9-8-15-12(16)2-1-7-14;/h3-6H,1-2,7-9,14H2,(H,15,16);1H. The van der Waals surface area contributed by atoms with Gasteiger partial charge in [-0.15, -0.1) is 12.4 Å². The van der Waals surface area contributed by atoms with Gasteiger partial charge in [-0.1, -0.05) is 15.9 Å². The lowest BCUT2D eigenvalue weighted by atomic mass is 10.3. The largest absolute Gasteiger partial charge is 0.492 e. The monoisotopic (exact) mass is 336 g/mol.